The Hall–Kier alpha value is -3.31. The van der Waals surface area contributed by atoms with E-state index in [1.54, 1.807) is 0 Å². The number of carbonyl (C=O) groups is 1. The number of likely N-dealkylation sites (tertiary alicyclic amines) is 1. The topological polar surface area (TPSA) is 50.8 Å². The summed E-state index contributed by atoms with van der Waals surface area (Å²) < 4.78 is 11.3. The molecule has 0 unspecified atom stereocenters. The maximum Gasteiger partial charge on any atom is 0.221 e. The lowest BCUT2D eigenvalue weighted by atomic mass is 9.92. The van der Waals surface area contributed by atoms with E-state index in [2.05, 4.69) is 46.6 Å². The Morgan fingerprint density at radius 1 is 0.853 bits per heavy atom. The van der Waals surface area contributed by atoms with Gasteiger partial charge in [0.1, 0.15) is 13.2 Å². The van der Waals surface area contributed by atoms with Crippen LogP contribution in [0, 0.1) is 5.92 Å². The molecule has 5 nitrogen and oxygen atoms in total. The first-order valence-electron chi connectivity index (χ1n) is 12.2. The third-order valence-electron chi connectivity index (χ3n) is 6.77. The molecule has 0 aliphatic carbocycles. The molecule has 2 aliphatic rings. The van der Waals surface area contributed by atoms with Crippen molar-refractivity contribution in [1.29, 1.82) is 0 Å². The van der Waals surface area contributed by atoms with E-state index in [1.807, 2.05) is 42.5 Å². The summed E-state index contributed by atoms with van der Waals surface area (Å²) in [4.78, 5) is 15.5. The fourth-order valence-corrected chi connectivity index (χ4v) is 4.93. The molecule has 5 rings (SSSR count). The predicted molar refractivity (Wildman–Crippen MR) is 133 cm³/mol. The smallest absolute Gasteiger partial charge is 0.221 e. The molecule has 176 valence electrons. The first-order valence-corrected chi connectivity index (χ1v) is 12.2. The van der Waals surface area contributed by atoms with Gasteiger partial charge in [0, 0.05) is 13.0 Å². The molecule has 0 aromatic heterocycles. The van der Waals surface area contributed by atoms with E-state index >= 15 is 0 Å². The molecule has 1 saturated heterocycles. The van der Waals surface area contributed by atoms with Gasteiger partial charge in [0.25, 0.3) is 0 Å². The van der Waals surface area contributed by atoms with Crippen molar-refractivity contribution < 1.29 is 14.3 Å². The van der Waals surface area contributed by atoms with E-state index in [4.69, 9.17) is 9.47 Å². The molecule has 34 heavy (non-hydrogen) atoms. The van der Waals surface area contributed by atoms with E-state index < -0.39 is 0 Å². The monoisotopic (exact) mass is 456 g/mol. The van der Waals surface area contributed by atoms with Crippen molar-refractivity contribution in [2.75, 3.05) is 26.3 Å². The number of nitrogens with zero attached hydrogens (tertiary/aromatic N) is 1. The number of hydrogen-bond donors (Lipinski definition) is 1. The fourth-order valence-electron chi connectivity index (χ4n) is 4.93. The first-order chi connectivity index (χ1) is 16.7. The molecule has 1 fully saturated rings. The lowest BCUT2D eigenvalue weighted by molar-refractivity contribution is -0.122. The molecule has 2 aliphatic heterocycles. The number of piperidine rings is 1. The van der Waals surface area contributed by atoms with Crippen LogP contribution in [-0.2, 0) is 11.3 Å². The minimum absolute atomic E-state index is 0.120. The van der Waals surface area contributed by atoms with Gasteiger partial charge in [-0.25, -0.2) is 0 Å². The van der Waals surface area contributed by atoms with Gasteiger partial charge in [0.05, 0.1) is 6.04 Å². The number of nitrogens with one attached hydrogen (secondary N) is 1. The minimum Gasteiger partial charge on any atom is -0.486 e. The molecular weight excluding hydrogens is 424 g/mol. The zero-order valence-corrected chi connectivity index (χ0v) is 19.5. The number of benzene rings is 3. The van der Waals surface area contributed by atoms with Crippen LogP contribution in [0.3, 0.4) is 0 Å². The van der Waals surface area contributed by atoms with Crippen molar-refractivity contribution in [2.24, 2.45) is 5.92 Å². The molecule has 0 radical (unpaired) electrons. The zero-order chi connectivity index (χ0) is 23.2. The number of fused-ring (bicyclic) bond motifs is 1. The fraction of sp³-hybridized carbons (Fsp3) is 0.345. The normalized spacial score (nSPS) is 16.4. The molecule has 1 N–H and O–H groups in total. The van der Waals surface area contributed by atoms with Crippen LogP contribution in [0.4, 0.5) is 0 Å². The second kappa shape index (κ2) is 10.7. The molecule has 0 spiro atoms. The van der Waals surface area contributed by atoms with E-state index in [9.17, 15) is 4.79 Å². The minimum atomic E-state index is -0.120. The number of amides is 1. The largest absolute Gasteiger partial charge is 0.486 e. The van der Waals surface area contributed by atoms with Crippen molar-refractivity contribution in [3.05, 3.63) is 95.6 Å². The lowest BCUT2D eigenvalue weighted by Crippen LogP contribution is -2.36. The van der Waals surface area contributed by atoms with Gasteiger partial charge in [0.15, 0.2) is 11.5 Å². The van der Waals surface area contributed by atoms with Gasteiger partial charge >= 0.3 is 0 Å². The van der Waals surface area contributed by atoms with Crippen LogP contribution in [-0.4, -0.2) is 37.1 Å². The highest BCUT2D eigenvalue weighted by Gasteiger charge is 2.24. The average Bonchev–Trinajstić information content (AvgIpc) is 2.89. The summed E-state index contributed by atoms with van der Waals surface area (Å²) in [6.07, 6.45) is 2.66. The molecule has 0 bridgehead atoms. The van der Waals surface area contributed by atoms with Crippen molar-refractivity contribution in [3.8, 4) is 11.5 Å². The maximum absolute atomic E-state index is 13.0. The summed E-state index contributed by atoms with van der Waals surface area (Å²) in [5, 5.41) is 3.30. The van der Waals surface area contributed by atoms with Crippen LogP contribution in [0.1, 0.15) is 42.0 Å². The third kappa shape index (κ3) is 5.60. The summed E-state index contributed by atoms with van der Waals surface area (Å²) in [6.45, 7) is 4.14. The summed E-state index contributed by atoms with van der Waals surface area (Å²) in [7, 11) is 0. The maximum atomic E-state index is 13.0. The second-order valence-electron chi connectivity index (χ2n) is 9.22. The molecule has 0 saturated carbocycles. The van der Waals surface area contributed by atoms with Crippen molar-refractivity contribution in [3.63, 3.8) is 0 Å². The van der Waals surface area contributed by atoms with E-state index in [0.29, 0.717) is 25.6 Å². The van der Waals surface area contributed by atoms with Crippen LogP contribution < -0.4 is 14.8 Å². The van der Waals surface area contributed by atoms with Gasteiger partial charge in [-0.05, 0) is 60.7 Å². The Morgan fingerprint density at radius 2 is 1.47 bits per heavy atom. The van der Waals surface area contributed by atoms with Gasteiger partial charge in [-0.15, -0.1) is 0 Å². The molecular formula is C29H32N2O3. The number of carbonyl (C=O) groups excluding carboxylic acids is 1. The Bertz CT molecular complexity index is 1040. The summed E-state index contributed by atoms with van der Waals surface area (Å²) in [6, 6.07) is 26.5. The second-order valence-corrected chi connectivity index (χ2v) is 9.22. The Kier molecular flexibility index (Phi) is 7.10. The van der Waals surface area contributed by atoms with Crippen LogP contribution in [0.5, 0.6) is 11.5 Å². The highest BCUT2D eigenvalue weighted by atomic mass is 16.6. The molecule has 0 atom stereocenters. The highest BCUT2D eigenvalue weighted by Crippen LogP contribution is 2.32. The van der Waals surface area contributed by atoms with Gasteiger partial charge in [-0.1, -0.05) is 66.7 Å². The molecule has 2 heterocycles. The Labute approximate surface area is 201 Å². The van der Waals surface area contributed by atoms with Gasteiger partial charge in [-0.3, -0.25) is 9.69 Å². The third-order valence-corrected chi connectivity index (χ3v) is 6.77. The Morgan fingerprint density at radius 3 is 2.12 bits per heavy atom. The van der Waals surface area contributed by atoms with Crippen molar-refractivity contribution in [1.82, 2.24) is 10.2 Å². The van der Waals surface area contributed by atoms with Crippen molar-refractivity contribution in [2.45, 2.75) is 31.8 Å². The Balaban J connectivity index is 1.14. The standard InChI is InChI=1S/C29H32N2O3/c32-28(30-29(24-7-3-1-4-8-24)25-9-5-2-6-10-25)20-22-13-15-31(16-14-22)21-23-11-12-26-27(19-23)34-18-17-33-26/h1-12,19,22,29H,13-18,20-21H2,(H,30,32). The number of hydrogen-bond acceptors (Lipinski definition) is 4. The van der Waals surface area contributed by atoms with Crippen LogP contribution >= 0.6 is 0 Å². The van der Waals surface area contributed by atoms with E-state index in [1.165, 1.54) is 5.56 Å². The predicted octanol–water partition coefficient (Wildman–Crippen LogP) is 4.97. The summed E-state index contributed by atoms with van der Waals surface area (Å²) >= 11 is 0. The van der Waals surface area contributed by atoms with Gasteiger partial charge < -0.3 is 14.8 Å². The van der Waals surface area contributed by atoms with Crippen molar-refractivity contribution >= 4 is 5.91 Å². The number of rotatable bonds is 7. The van der Waals surface area contributed by atoms with Gasteiger partial charge in [0.2, 0.25) is 5.91 Å². The molecule has 5 heteroatoms. The number of ether oxygens (including phenoxy) is 2. The zero-order valence-electron chi connectivity index (χ0n) is 19.5. The average molecular weight is 457 g/mol. The lowest BCUT2D eigenvalue weighted by Gasteiger charge is -2.32. The quantitative estimate of drug-likeness (QED) is 0.546. The molecule has 3 aromatic carbocycles. The highest BCUT2D eigenvalue weighted by molar-refractivity contribution is 5.77. The van der Waals surface area contributed by atoms with Crippen LogP contribution in [0.2, 0.25) is 0 Å². The SMILES string of the molecule is O=C(CC1CCN(Cc2ccc3c(c2)OCCO3)CC1)NC(c1ccccc1)c1ccccc1. The molecule has 1 amide bonds. The van der Waals surface area contributed by atoms with Crippen LogP contribution in [0.15, 0.2) is 78.9 Å². The first kappa shape index (κ1) is 22.5. The summed E-state index contributed by atoms with van der Waals surface area (Å²) in [5.74, 6) is 2.23. The van der Waals surface area contributed by atoms with Crippen LogP contribution in [0.25, 0.3) is 0 Å². The van der Waals surface area contributed by atoms with Gasteiger partial charge in [-0.2, -0.15) is 0 Å². The van der Waals surface area contributed by atoms with E-state index in [-0.39, 0.29) is 11.9 Å². The molecule has 3 aromatic rings. The summed E-state index contributed by atoms with van der Waals surface area (Å²) in [5.41, 5.74) is 3.46. The van der Waals surface area contributed by atoms with E-state index in [0.717, 1.165) is 55.1 Å².